The van der Waals surface area contributed by atoms with Crippen molar-refractivity contribution in [3.05, 3.63) is 78.4 Å². The molecular weight excluding hydrogens is 322 g/mol. The smallest absolute Gasteiger partial charge is 0.0753 e. The molecule has 0 amide bonds. The van der Waals surface area contributed by atoms with Crippen molar-refractivity contribution in [2.24, 2.45) is 0 Å². The molecule has 1 aliphatic rings. The van der Waals surface area contributed by atoms with Gasteiger partial charge in [0.1, 0.15) is 0 Å². The van der Waals surface area contributed by atoms with Gasteiger partial charge in [0.2, 0.25) is 0 Å². The van der Waals surface area contributed by atoms with Crippen molar-refractivity contribution in [1.29, 1.82) is 0 Å². The molecule has 1 saturated heterocycles. The van der Waals surface area contributed by atoms with Crippen molar-refractivity contribution >= 4 is 5.69 Å². The Balaban J connectivity index is 1.35. The normalized spacial score (nSPS) is 16.6. The lowest BCUT2D eigenvalue weighted by Gasteiger charge is -2.38. The molecule has 134 valence electrons. The number of hydrogen-bond acceptors (Lipinski definition) is 4. The summed E-state index contributed by atoms with van der Waals surface area (Å²) in [7, 11) is 0. The second-order valence-electron chi connectivity index (χ2n) is 6.84. The highest BCUT2D eigenvalue weighted by atomic mass is 15.3. The van der Waals surface area contributed by atoms with Gasteiger partial charge in [-0.15, -0.1) is 0 Å². The van der Waals surface area contributed by atoms with Crippen LogP contribution in [0.15, 0.2) is 67.1 Å². The Kier molecular flexibility index (Phi) is 4.97. The van der Waals surface area contributed by atoms with E-state index in [9.17, 15) is 0 Å². The van der Waals surface area contributed by atoms with Gasteiger partial charge >= 0.3 is 0 Å². The highest BCUT2D eigenvalue weighted by molar-refractivity contribution is 5.43. The maximum Gasteiger partial charge on any atom is 0.0753 e. The fourth-order valence-electron chi connectivity index (χ4n) is 3.55. The number of hydrogen-bond donors (Lipinski definition) is 0. The summed E-state index contributed by atoms with van der Waals surface area (Å²) >= 11 is 0. The molecule has 0 saturated carbocycles. The first-order valence-electron chi connectivity index (χ1n) is 9.26. The Morgan fingerprint density at radius 3 is 2.46 bits per heavy atom. The fraction of sp³-hybridized carbons (Fsp3) is 0.333. The van der Waals surface area contributed by atoms with E-state index in [0.29, 0.717) is 6.04 Å². The Morgan fingerprint density at radius 1 is 0.962 bits per heavy atom. The van der Waals surface area contributed by atoms with E-state index in [1.165, 1.54) is 11.3 Å². The number of aromatic nitrogens is 3. The SMILES string of the molecule is CC(c1ccccn1)N1CCN(c2cnn(Cc3ccccc3)c2)CC1. The summed E-state index contributed by atoms with van der Waals surface area (Å²) < 4.78 is 2.02. The minimum Gasteiger partial charge on any atom is -0.366 e. The summed E-state index contributed by atoms with van der Waals surface area (Å²) in [4.78, 5) is 9.44. The van der Waals surface area contributed by atoms with Crippen LogP contribution in [0.25, 0.3) is 0 Å². The lowest BCUT2D eigenvalue weighted by Crippen LogP contribution is -2.47. The third-order valence-electron chi connectivity index (χ3n) is 5.15. The lowest BCUT2D eigenvalue weighted by molar-refractivity contribution is 0.195. The summed E-state index contributed by atoms with van der Waals surface area (Å²) in [6.45, 7) is 7.19. The molecule has 5 nitrogen and oxygen atoms in total. The van der Waals surface area contributed by atoms with Crippen LogP contribution >= 0.6 is 0 Å². The van der Waals surface area contributed by atoms with Crippen LogP contribution in [0.5, 0.6) is 0 Å². The third-order valence-corrected chi connectivity index (χ3v) is 5.15. The van der Waals surface area contributed by atoms with Gasteiger partial charge in [-0.2, -0.15) is 5.10 Å². The second kappa shape index (κ2) is 7.70. The minimum absolute atomic E-state index is 0.360. The Labute approximate surface area is 154 Å². The van der Waals surface area contributed by atoms with Gasteiger partial charge in [-0.25, -0.2) is 0 Å². The summed E-state index contributed by atoms with van der Waals surface area (Å²) in [5.41, 5.74) is 3.64. The molecule has 0 radical (unpaired) electrons. The number of anilines is 1. The summed E-state index contributed by atoms with van der Waals surface area (Å²) in [6.07, 6.45) is 6.02. The number of pyridine rings is 1. The Bertz CT molecular complexity index is 807. The first-order valence-corrected chi connectivity index (χ1v) is 9.26. The number of nitrogens with zero attached hydrogens (tertiary/aromatic N) is 5. The van der Waals surface area contributed by atoms with E-state index in [4.69, 9.17) is 0 Å². The molecule has 0 aliphatic carbocycles. The predicted molar refractivity (Wildman–Crippen MR) is 104 cm³/mol. The molecular formula is C21H25N5. The molecule has 3 heterocycles. The standard InChI is InChI=1S/C21H25N5/c1-18(21-9-5-6-10-22-21)24-11-13-25(14-12-24)20-15-23-26(17-20)16-19-7-3-2-4-8-19/h2-10,15,17-18H,11-14,16H2,1H3. The van der Waals surface area contributed by atoms with Crippen LogP contribution < -0.4 is 4.90 Å². The van der Waals surface area contributed by atoms with Crippen LogP contribution in [0.1, 0.15) is 24.2 Å². The van der Waals surface area contributed by atoms with Crippen LogP contribution in [0.4, 0.5) is 5.69 Å². The van der Waals surface area contributed by atoms with E-state index in [-0.39, 0.29) is 0 Å². The van der Waals surface area contributed by atoms with E-state index in [0.717, 1.165) is 38.4 Å². The maximum absolute atomic E-state index is 4.54. The Morgan fingerprint density at radius 2 is 1.73 bits per heavy atom. The number of piperazine rings is 1. The zero-order valence-corrected chi connectivity index (χ0v) is 15.2. The highest BCUT2D eigenvalue weighted by Crippen LogP contribution is 2.22. The van der Waals surface area contributed by atoms with Crippen molar-refractivity contribution in [2.75, 3.05) is 31.1 Å². The minimum atomic E-state index is 0.360. The summed E-state index contributed by atoms with van der Waals surface area (Å²) in [5, 5.41) is 4.54. The zero-order valence-electron chi connectivity index (χ0n) is 15.2. The monoisotopic (exact) mass is 347 g/mol. The van der Waals surface area contributed by atoms with Gasteiger partial charge in [0.25, 0.3) is 0 Å². The summed E-state index contributed by atoms with van der Waals surface area (Å²) in [6, 6.07) is 17.0. The van der Waals surface area contributed by atoms with Crippen molar-refractivity contribution in [3.63, 3.8) is 0 Å². The summed E-state index contributed by atoms with van der Waals surface area (Å²) in [5.74, 6) is 0. The van der Waals surface area contributed by atoms with Crippen molar-refractivity contribution < 1.29 is 0 Å². The average molecular weight is 347 g/mol. The van der Waals surface area contributed by atoms with E-state index in [2.05, 4.69) is 69.4 Å². The van der Waals surface area contributed by atoms with E-state index in [1.54, 1.807) is 0 Å². The topological polar surface area (TPSA) is 37.2 Å². The molecule has 0 N–H and O–H groups in total. The molecule has 1 unspecified atom stereocenters. The molecule has 0 spiro atoms. The molecule has 0 bridgehead atoms. The van der Waals surface area contributed by atoms with Crippen molar-refractivity contribution in [2.45, 2.75) is 19.5 Å². The van der Waals surface area contributed by atoms with Crippen molar-refractivity contribution in [3.8, 4) is 0 Å². The van der Waals surface area contributed by atoms with E-state index >= 15 is 0 Å². The quantitative estimate of drug-likeness (QED) is 0.710. The first-order chi connectivity index (χ1) is 12.8. The average Bonchev–Trinajstić information content (AvgIpc) is 3.17. The van der Waals surface area contributed by atoms with Gasteiger partial charge in [0, 0.05) is 44.6 Å². The van der Waals surface area contributed by atoms with Gasteiger partial charge in [-0.05, 0) is 24.6 Å². The van der Waals surface area contributed by atoms with Gasteiger partial charge in [0.15, 0.2) is 0 Å². The molecule has 1 fully saturated rings. The van der Waals surface area contributed by atoms with Gasteiger partial charge in [-0.3, -0.25) is 14.6 Å². The van der Waals surface area contributed by atoms with Crippen LogP contribution in [0, 0.1) is 0 Å². The molecule has 1 aromatic carbocycles. The van der Waals surface area contributed by atoms with Crippen LogP contribution in [-0.4, -0.2) is 45.8 Å². The van der Waals surface area contributed by atoms with Crippen LogP contribution in [-0.2, 0) is 6.54 Å². The predicted octanol–water partition coefficient (Wildman–Crippen LogP) is 3.21. The molecule has 5 heteroatoms. The van der Waals surface area contributed by atoms with Crippen molar-refractivity contribution in [1.82, 2.24) is 19.7 Å². The zero-order chi connectivity index (χ0) is 17.8. The molecule has 26 heavy (non-hydrogen) atoms. The fourth-order valence-corrected chi connectivity index (χ4v) is 3.55. The molecule has 2 aromatic heterocycles. The second-order valence-corrected chi connectivity index (χ2v) is 6.84. The van der Waals surface area contributed by atoms with Gasteiger partial charge in [0.05, 0.1) is 24.1 Å². The van der Waals surface area contributed by atoms with Crippen LogP contribution in [0.2, 0.25) is 0 Å². The third kappa shape index (κ3) is 3.78. The molecule has 1 atom stereocenters. The first kappa shape index (κ1) is 16.8. The lowest BCUT2D eigenvalue weighted by atomic mass is 10.1. The molecule has 4 rings (SSSR count). The largest absolute Gasteiger partial charge is 0.366 e. The van der Waals surface area contributed by atoms with Crippen LogP contribution in [0.3, 0.4) is 0 Å². The van der Waals surface area contributed by atoms with E-state index in [1.807, 2.05) is 29.2 Å². The number of rotatable bonds is 5. The maximum atomic E-state index is 4.54. The molecule has 3 aromatic rings. The Hall–Kier alpha value is -2.66. The van der Waals surface area contributed by atoms with E-state index < -0.39 is 0 Å². The molecule has 1 aliphatic heterocycles. The number of benzene rings is 1. The van der Waals surface area contributed by atoms with Gasteiger partial charge < -0.3 is 4.90 Å². The van der Waals surface area contributed by atoms with Gasteiger partial charge in [-0.1, -0.05) is 36.4 Å². The highest BCUT2D eigenvalue weighted by Gasteiger charge is 2.23.